The van der Waals surface area contributed by atoms with Crippen molar-refractivity contribution in [3.63, 3.8) is 0 Å². The topological polar surface area (TPSA) is 0 Å². The first-order valence-electron chi connectivity index (χ1n) is 1.82. The van der Waals surface area contributed by atoms with E-state index in [9.17, 15) is 0 Å². The van der Waals surface area contributed by atoms with E-state index in [0.717, 1.165) is 0 Å². The van der Waals surface area contributed by atoms with Gasteiger partial charge in [-0.05, 0) is 6.42 Å². The van der Waals surface area contributed by atoms with Crippen LogP contribution < -0.4 is 0 Å². The van der Waals surface area contributed by atoms with Crippen molar-refractivity contribution >= 4 is 18.0 Å². The molecule has 0 nitrogen and oxygen atoms in total. The minimum atomic E-state index is 0. The third kappa shape index (κ3) is 1.44. The van der Waals surface area contributed by atoms with Crippen LogP contribution in [0.25, 0.3) is 0 Å². The Hall–Kier alpha value is 0.558. The van der Waals surface area contributed by atoms with E-state index in [4.69, 9.17) is 0 Å². The minimum Gasteiger partial charge on any atom is -0.0528 e. The predicted octanol–water partition coefficient (Wildman–Crippen LogP) is 0.191. The molecule has 1 saturated carbocycles. The Bertz CT molecular complexity index is 11.6. The van der Waals surface area contributed by atoms with Crippen molar-refractivity contribution in [2.45, 2.75) is 19.3 Å². The Morgan fingerprint density at radius 3 is 1.40 bits per heavy atom. The summed E-state index contributed by atoms with van der Waals surface area (Å²) in [6, 6.07) is 0. The molecule has 1 aliphatic carbocycles. The van der Waals surface area contributed by atoms with Crippen LogP contribution in [0.4, 0.5) is 0 Å². The molecule has 0 bridgehead atoms. The van der Waals surface area contributed by atoms with Gasteiger partial charge < -0.3 is 0 Å². The molecular weight excluding hydrogens is 123 g/mol. The SMILES string of the molecule is [AsH3].[CH]1CCC1. The van der Waals surface area contributed by atoms with Crippen LogP contribution in [0, 0.1) is 6.42 Å². The van der Waals surface area contributed by atoms with Crippen molar-refractivity contribution in [2.75, 3.05) is 0 Å². The van der Waals surface area contributed by atoms with Crippen LogP contribution in [0.1, 0.15) is 19.3 Å². The molecule has 0 amide bonds. The Labute approximate surface area is 44.3 Å². The summed E-state index contributed by atoms with van der Waals surface area (Å²) in [6.45, 7) is 0. The van der Waals surface area contributed by atoms with Gasteiger partial charge in [-0.15, -0.1) is 0 Å². The molecule has 0 aromatic heterocycles. The molecule has 0 aromatic carbocycles. The predicted molar refractivity (Wildman–Crippen MR) is 28.1 cm³/mol. The molecular formula is C4H10As. The molecule has 1 aliphatic rings. The van der Waals surface area contributed by atoms with Crippen LogP contribution in [0.2, 0.25) is 0 Å². The van der Waals surface area contributed by atoms with Gasteiger partial charge in [0, 0.05) is 0 Å². The van der Waals surface area contributed by atoms with Gasteiger partial charge in [0.15, 0.2) is 0 Å². The molecule has 1 radical (unpaired) electrons. The largest absolute Gasteiger partial charge is 0.0528 e. The number of hydrogen-bond donors (Lipinski definition) is 0. The van der Waals surface area contributed by atoms with Crippen LogP contribution in [0.5, 0.6) is 0 Å². The van der Waals surface area contributed by atoms with Crippen molar-refractivity contribution in [1.29, 1.82) is 0 Å². The van der Waals surface area contributed by atoms with Crippen LogP contribution in [0.15, 0.2) is 0 Å². The summed E-state index contributed by atoms with van der Waals surface area (Å²) in [7, 11) is 0. The van der Waals surface area contributed by atoms with Crippen LogP contribution in [-0.4, -0.2) is 18.0 Å². The van der Waals surface area contributed by atoms with Crippen molar-refractivity contribution in [1.82, 2.24) is 0 Å². The maximum absolute atomic E-state index is 2.31. The molecule has 0 aliphatic heterocycles. The van der Waals surface area contributed by atoms with Crippen molar-refractivity contribution < 1.29 is 0 Å². The summed E-state index contributed by atoms with van der Waals surface area (Å²) in [5.74, 6) is 0. The van der Waals surface area contributed by atoms with Crippen molar-refractivity contribution in [3.05, 3.63) is 6.42 Å². The fraction of sp³-hybridized carbons (Fsp3) is 0.750. The van der Waals surface area contributed by atoms with Gasteiger partial charge in [0.2, 0.25) is 0 Å². The standard InChI is InChI=1S/C4H7.AsH3/c1-2-4-3-1;/h1H,2-4H2;1H3. The fourth-order valence-electron chi connectivity index (χ4n) is 0.204. The second kappa shape index (κ2) is 2.78. The summed E-state index contributed by atoms with van der Waals surface area (Å²) in [5.41, 5.74) is 0. The molecule has 1 rings (SSSR count). The Morgan fingerprint density at radius 1 is 1.20 bits per heavy atom. The molecule has 1 fully saturated rings. The summed E-state index contributed by atoms with van der Waals surface area (Å²) in [5, 5.41) is 0. The summed E-state index contributed by atoms with van der Waals surface area (Å²) >= 11 is 0. The zero-order chi connectivity index (χ0) is 2.83. The third-order valence-corrected chi connectivity index (χ3v) is 0.816. The van der Waals surface area contributed by atoms with Crippen molar-refractivity contribution in [3.8, 4) is 0 Å². The smallest absolute Gasteiger partial charge is 0.0386 e. The molecule has 5 heavy (non-hydrogen) atoms. The van der Waals surface area contributed by atoms with Gasteiger partial charge in [0.05, 0.1) is 0 Å². The molecule has 0 heterocycles. The molecule has 0 spiro atoms. The van der Waals surface area contributed by atoms with Crippen molar-refractivity contribution in [2.24, 2.45) is 0 Å². The average Bonchev–Trinajstić information content (AvgIpc) is 0.722. The summed E-state index contributed by atoms with van der Waals surface area (Å²) in [4.78, 5) is 0. The molecule has 0 aromatic rings. The van der Waals surface area contributed by atoms with Gasteiger partial charge in [0.25, 0.3) is 0 Å². The van der Waals surface area contributed by atoms with Gasteiger partial charge in [-0.3, -0.25) is 0 Å². The number of rotatable bonds is 0. The van der Waals surface area contributed by atoms with E-state index in [1.165, 1.54) is 19.3 Å². The Kier molecular flexibility index (Phi) is 3.09. The third-order valence-electron chi connectivity index (χ3n) is 0.816. The van der Waals surface area contributed by atoms with E-state index in [-0.39, 0.29) is 18.0 Å². The van der Waals surface area contributed by atoms with Gasteiger partial charge in [-0.25, -0.2) is 0 Å². The minimum absolute atomic E-state index is 0. The van der Waals surface area contributed by atoms with E-state index in [0.29, 0.717) is 0 Å². The van der Waals surface area contributed by atoms with Crippen LogP contribution in [0.3, 0.4) is 0 Å². The van der Waals surface area contributed by atoms with E-state index in [2.05, 4.69) is 6.42 Å². The Balaban J connectivity index is 0.000000160. The summed E-state index contributed by atoms with van der Waals surface area (Å²) < 4.78 is 0. The molecule has 0 N–H and O–H groups in total. The molecule has 0 saturated heterocycles. The molecule has 1 atom stereocenters. The van der Waals surface area contributed by atoms with Gasteiger partial charge in [0.1, 0.15) is 0 Å². The average molecular weight is 133 g/mol. The van der Waals surface area contributed by atoms with Crippen LogP contribution >= 0.6 is 0 Å². The second-order valence-electron chi connectivity index (χ2n) is 1.22. The van der Waals surface area contributed by atoms with E-state index >= 15 is 0 Å². The Morgan fingerprint density at radius 2 is 1.40 bits per heavy atom. The molecule has 1 heteroatoms. The van der Waals surface area contributed by atoms with Gasteiger partial charge in [-0.1, -0.05) is 19.3 Å². The molecule has 31 valence electrons. The normalized spacial score (nSPS) is 19.2. The summed E-state index contributed by atoms with van der Waals surface area (Å²) in [6.07, 6.45) is 6.50. The van der Waals surface area contributed by atoms with Gasteiger partial charge >= 0.3 is 18.0 Å². The monoisotopic (exact) mass is 133 g/mol. The quantitative estimate of drug-likeness (QED) is 0.414. The van der Waals surface area contributed by atoms with E-state index < -0.39 is 0 Å². The first kappa shape index (κ1) is 5.56. The number of hydrogen-bond acceptors (Lipinski definition) is 0. The fourth-order valence-corrected chi connectivity index (χ4v) is 0.204. The maximum Gasteiger partial charge on any atom is -0.0386 e. The first-order chi connectivity index (χ1) is 2.00. The van der Waals surface area contributed by atoms with Crippen LogP contribution in [-0.2, 0) is 0 Å². The van der Waals surface area contributed by atoms with E-state index in [1.54, 1.807) is 0 Å². The maximum atomic E-state index is 2.31. The van der Waals surface area contributed by atoms with E-state index in [1.807, 2.05) is 0 Å². The molecule has 1 unspecified atom stereocenters. The first-order valence-corrected chi connectivity index (χ1v) is 1.82. The zero-order valence-electron chi connectivity index (χ0n) is 3.41. The zero-order valence-corrected chi connectivity index (χ0v) is 6.37. The second-order valence-corrected chi connectivity index (χ2v) is 1.22. The van der Waals surface area contributed by atoms with Gasteiger partial charge in [-0.2, -0.15) is 0 Å².